The van der Waals surface area contributed by atoms with Crippen molar-refractivity contribution >= 4 is 58.3 Å². The van der Waals surface area contributed by atoms with E-state index in [0.717, 1.165) is 5.56 Å². The molecule has 2 bridgehead atoms. The van der Waals surface area contributed by atoms with E-state index in [0.29, 0.717) is 17.6 Å². The maximum atomic E-state index is 13.3. The number of rotatable bonds is 5. The van der Waals surface area contributed by atoms with E-state index in [2.05, 4.69) is 0 Å². The van der Waals surface area contributed by atoms with Gasteiger partial charge in [0.1, 0.15) is 0 Å². The van der Waals surface area contributed by atoms with Crippen molar-refractivity contribution in [2.45, 2.75) is 55.1 Å². The third-order valence-corrected chi connectivity index (χ3v) is 7.60. The highest BCUT2D eigenvalue weighted by Crippen LogP contribution is 2.43. The van der Waals surface area contributed by atoms with E-state index >= 15 is 0 Å². The number of carboxylic acid groups (broad SMARTS) is 1. The molecular weight excluding hydrogens is 507 g/mol. The summed E-state index contributed by atoms with van der Waals surface area (Å²) >= 11 is 17.9. The number of fused-ring (bicyclic) bond motifs is 2. The standard InChI is InChI=1S/C23H27Cl3N2O6/c1-13(30)27-11-16-10-17(15-6-4-5-14(9-15)7-8-29)19(20(31)32)18(12-27)28(16)21(33)34-22(2,3)23(24,25)26/h4-6,9,16,18,29H,7-8,10-12H2,1-3H3,(H,31,32)/t16?,18-/m1/s1. The number of hydrogen-bond donors (Lipinski definition) is 2. The topological polar surface area (TPSA) is 107 Å². The monoisotopic (exact) mass is 532 g/mol. The van der Waals surface area contributed by atoms with Gasteiger partial charge in [0, 0.05) is 26.6 Å². The number of alkyl halides is 3. The van der Waals surface area contributed by atoms with E-state index < -0.39 is 33.5 Å². The molecule has 1 aromatic rings. The van der Waals surface area contributed by atoms with Gasteiger partial charge in [-0.15, -0.1) is 0 Å². The number of aliphatic hydroxyl groups is 1. The Balaban J connectivity index is 2.09. The molecule has 8 nitrogen and oxygen atoms in total. The van der Waals surface area contributed by atoms with Crippen molar-refractivity contribution in [2.75, 3.05) is 19.7 Å². The van der Waals surface area contributed by atoms with Crippen LogP contribution in [0.25, 0.3) is 5.57 Å². The molecule has 2 atom stereocenters. The molecule has 1 fully saturated rings. The van der Waals surface area contributed by atoms with Gasteiger partial charge in [0.25, 0.3) is 0 Å². The van der Waals surface area contributed by atoms with Crippen LogP contribution in [0, 0.1) is 0 Å². The van der Waals surface area contributed by atoms with Gasteiger partial charge in [-0.05, 0) is 43.4 Å². The first-order valence-electron chi connectivity index (χ1n) is 10.8. The fraction of sp³-hybridized carbons (Fsp3) is 0.522. The van der Waals surface area contributed by atoms with Gasteiger partial charge < -0.3 is 19.8 Å². The molecule has 2 heterocycles. The van der Waals surface area contributed by atoms with Crippen molar-refractivity contribution in [2.24, 2.45) is 0 Å². The molecule has 0 aromatic heterocycles. The van der Waals surface area contributed by atoms with Crippen molar-refractivity contribution in [1.82, 2.24) is 9.80 Å². The summed E-state index contributed by atoms with van der Waals surface area (Å²) in [6.45, 7) is 4.47. The van der Waals surface area contributed by atoms with Crippen LogP contribution in [0.5, 0.6) is 0 Å². The number of carbonyl (C=O) groups is 3. The first kappa shape index (κ1) is 26.6. The third-order valence-electron chi connectivity index (χ3n) is 6.24. The van der Waals surface area contributed by atoms with Crippen LogP contribution in [0.4, 0.5) is 4.79 Å². The van der Waals surface area contributed by atoms with Crippen molar-refractivity contribution in [3.63, 3.8) is 0 Å². The Labute approximate surface area is 213 Å². The normalized spacial score (nSPS) is 20.9. The minimum absolute atomic E-state index is 0.00338. The van der Waals surface area contributed by atoms with Gasteiger partial charge in [0.05, 0.1) is 17.7 Å². The largest absolute Gasteiger partial charge is 0.478 e. The quantitative estimate of drug-likeness (QED) is 0.560. The van der Waals surface area contributed by atoms with Crippen LogP contribution in [0.15, 0.2) is 29.8 Å². The zero-order chi connectivity index (χ0) is 25.4. The average molecular weight is 534 g/mol. The molecule has 0 spiro atoms. The average Bonchev–Trinajstić information content (AvgIpc) is 2.71. The summed E-state index contributed by atoms with van der Waals surface area (Å²) in [7, 11) is 0. The van der Waals surface area contributed by atoms with Gasteiger partial charge in [0.2, 0.25) is 9.70 Å². The number of halogens is 3. The Kier molecular flexibility index (Phi) is 7.77. The summed E-state index contributed by atoms with van der Waals surface area (Å²) in [6.07, 6.45) is -0.200. The molecule has 1 saturated heterocycles. The number of carboxylic acids is 1. The lowest BCUT2D eigenvalue weighted by atomic mass is 9.81. The number of amides is 2. The van der Waals surface area contributed by atoms with Gasteiger partial charge in [-0.3, -0.25) is 9.69 Å². The highest BCUT2D eigenvalue weighted by atomic mass is 35.6. The fourth-order valence-electron chi connectivity index (χ4n) is 4.36. The molecule has 1 unspecified atom stereocenters. The minimum Gasteiger partial charge on any atom is -0.478 e. The summed E-state index contributed by atoms with van der Waals surface area (Å²) in [5, 5.41) is 19.5. The highest BCUT2D eigenvalue weighted by Gasteiger charge is 2.51. The van der Waals surface area contributed by atoms with Crippen LogP contribution in [-0.2, 0) is 20.7 Å². The number of aliphatic carboxylic acids is 1. The van der Waals surface area contributed by atoms with E-state index in [9.17, 15) is 24.6 Å². The predicted molar refractivity (Wildman–Crippen MR) is 129 cm³/mol. The van der Waals surface area contributed by atoms with Gasteiger partial charge >= 0.3 is 12.1 Å². The zero-order valence-electron chi connectivity index (χ0n) is 19.1. The molecule has 11 heteroatoms. The summed E-state index contributed by atoms with van der Waals surface area (Å²) in [5.74, 6) is -1.42. The first-order valence-corrected chi connectivity index (χ1v) is 11.9. The number of hydrogen-bond acceptors (Lipinski definition) is 5. The maximum Gasteiger partial charge on any atom is 0.411 e. The molecule has 0 aliphatic carbocycles. The second-order valence-electron chi connectivity index (χ2n) is 8.95. The summed E-state index contributed by atoms with van der Waals surface area (Å²) in [6, 6.07) is 5.80. The smallest absolute Gasteiger partial charge is 0.411 e. The highest BCUT2D eigenvalue weighted by molar-refractivity contribution is 6.68. The molecular formula is C23H27Cl3N2O6. The lowest BCUT2D eigenvalue weighted by Gasteiger charge is -2.50. The molecule has 2 N–H and O–H groups in total. The van der Waals surface area contributed by atoms with E-state index in [1.165, 1.54) is 30.6 Å². The Morgan fingerprint density at radius 3 is 2.41 bits per heavy atom. The van der Waals surface area contributed by atoms with Crippen LogP contribution in [-0.4, -0.2) is 79.2 Å². The number of nitrogens with zero attached hydrogens (tertiary/aromatic N) is 2. The van der Waals surface area contributed by atoms with Crippen LogP contribution >= 0.6 is 34.8 Å². The van der Waals surface area contributed by atoms with Gasteiger partial charge in [0.15, 0.2) is 5.60 Å². The van der Waals surface area contributed by atoms with E-state index in [1.54, 1.807) is 12.1 Å². The van der Waals surface area contributed by atoms with Crippen molar-refractivity contribution < 1.29 is 29.3 Å². The lowest BCUT2D eigenvalue weighted by molar-refractivity contribution is -0.137. The Morgan fingerprint density at radius 1 is 1.18 bits per heavy atom. The number of ether oxygens (including phenoxy) is 1. The fourth-order valence-corrected chi connectivity index (χ4v) is 4.47. The van der Waals surface area contributed by atoms with Gasteiger partial charge in [-0.2, -0.15) is 0 Å². The second kappa shape index (κ2) is 9.93. The molecule has 0 radical (unpaired) electrons. The Bertz CT molecular complexity index is 1020. The van der Waals surface area contributed by atoms with Crippen molar-refractivity contribution in [1.29, 1.82) is 0 Å². The number of benzene rings is 1. The first-order chi connectivity index (χ1) is 15.8. The van der Waals surface area contributed by atoms with Crippen molar-refractivity contribution in [3.05, 3.63) is 41.0 Å². The number of carbonyl (C=O) groups excluding carboxylic acids is 2. The minimum atomic E-state index is -1.91. The molecule has 3 rings (SSSR count). The summed E-state index contributed by atoms with van der Waals surface area (Å²) < 4.78 is 3.62. The van der Waals surface area contributed by atoms with Gasteiger partial charge in [-0.25, -0.2) is 9.59 Å². The maximum absolute atomic E-state index is 13.3. The molecule has 0 saturated carbocycles. The molecule has 2 aliphatic heterocycles. The van der Waals surface area contributed by atoms with Crippen LogP contribution in [0.2, 0.25) is 0 Å². The van der Waals surface area contributed by atoms with Crippen LogP contribution in [0.3, 0.4) is 0 Å². The van der Waals surface area contributed by atoms with Gasteiger partial charge in [-0.1, -0.05) is 59.1 Å². The molecule has 34 heavy (non-hydrogen) atoms. The summed E-state index contributed by atoms with van der Waals surface area (Å²) in [5.41, 5.74) is 0.653. The molecule has 186 valence electrons. The van der Waals surface area contributed by atoms with Crippen LogP contribution in [0.1, 0.15) is 38.3 Å². The molecule has 1 aromatic carbocycles. The van der Waals surface area contributed by atoms with E-state index in [4.69, 9.17) is 39.5 Å². The second-order valence-corrected chi connectivity index (χ2v) is 11.2. The third kappa shape index (κ3) is 5.30. The lowest BCUT2D eigenvalue weighted by Crippen LogP contribution is -2.65. The molecule has 2 amide bonds. The van der Waals surface area contributed by atoms with E-state index in [1.807, 2.05) is 12.1 Å². The van der Waals surface area contributed by atoms with Crippen molar-refractivity contribution in [3.8, 4) is 0 Å². The molecule has 2 aliphatic rings. The predicted octanol–water partition coefficient (Wildman–Crippen LogP) is 3.65. The Morgan fingerprint density at radius 2 is 1.85 bits per heavy atom. The zero-order valence-corrected chi connectivity index (χ0v) is 21.3. The Hall–Kier alpha value is -2.00. The SMILES string of the molecule is CC(=O)N1CC2CC(c3cccc(CCO)c3)=C(C(=O)O)[C@@H](C1)N2C(=O)OC(C)(C)C(Cl)(Cl)Cl. The van der Waals surface area contributed by atoms with Crippen LogP contribution < -0.4 is 0 Å². The number of piperazine rings is 1. The number of aliphatic hydroxyl groups excluding tert-OH is 1. The summed E-state index contributed by atoms with van der Waals surface area (Å²) in [4.78, 5) is 40.8. The van der Waals surface area contributed by atoms with E-state index in [-0.39, 0.29) is 37.6 Å².